The molecule has 18 heavy (non-hydrogen) atoms. The molecule has 4 nitrogen and oxygen atoms in total. The Morgan fingerprint density at radius 3 is 2.72 bits per heavy atom. The van der Waals surface area contributed by atoms with Crippen molar-refractivity contribution in [3.05, 3.63) is 29.1 Å². The van der Waals surface area contributed by atoms with E-state index in [1.807, 2.05) is 6.92 Å². The van der Waals surface area contributed by atoms with Gasteiger partial charge in [0.15, 0.2) is 0 Å². The van der Waals surface area contributed by atoms with Crippen molar-refractivity contribution in [2.75, 3.05) is 19.0 Å². The first-order valence-corrected chi connectivity index (χ1v) is 5.85. The summed E-state index contributed by atoms with van der Waals surface area (Å²) in [6.45, 7) is 4.17. The van der Waals surface area contributed by atoms with Crippen LogP contribution in [0.15, 0.2) is 12.1 Å². The van der Waals surface area contributed by atoms with Gasteiger partial charge in [0.2, 0.25) is 5.91 Å². The molecule has 0 heterocycles. The number of halogens is 1. The highest BCUT2D eigenvalue weighted by Crippen LogP contribution is 2.22. The van der Waals surface area contributed by atoms with E-state index in [4.69, 9.17) is 10.5 Å². The maximum atomic E-state index is 13.7. The van der Waals surface area contributed by atoms with Crippen molar-refractivity contribution in [3.8, 4) is 0 Å². The van der Waals surface area contributed by atoms with Gasteiger partial charge in [0.25, 0.3) is 0 Å². The Kier molecular flexibility index (Phi) is 5.09. The molecule has 3 N–H and O–H groups in total. The lowest BCUT2D eigenvalue weighted by atomic mass is 10.1. The number of primary amides is 1. The molecule has 0 saturated carbocycles. The molecule has 0 bridgehead atoms. The average molecular weight is 254 g/mol. The fourth-order valence-corrected chi connectivity index (χ4v) is 1.65. The Bertz CT molecular complexity index is 435. The number of nitrogens with two attached hydrogens (primary N) is 1. The number of hydrogen-bond acceptors (Lipinski definition) is 3. The molecule has 0 aliphatic carbocycles. The molecule has 1 rings (SSSR count). The van der Waals surface area contributed by atoms with Crippen LogP contribution in [-0.2, 0) is 4.74 Å². The lowest BCUT2D eigenvalue weighted by Crippen LogP contribution is -2.25. The number of hydrogen-bond donors (Lipinski definition) is 2. The molecule has 0 spiro atoms. The number of ether oxygens (including phenoxy) is 1. The molecule has 0 saturated heterocycles. The summed E-state index contributed by atoms with van der Waals surface area (Å²) in [5.41, 5.74) is 6.37. The highest BCUT2D eigenvalue weighted by molar-refractivity contribution is 5.94. The molecular formula is C13H19FN2O2. The van der Waals surface area contributed by atoms with Gasteiger partial charge in [0.1, 0.15) is 5.82 Å². The number of nitrogens with one attached hydrogen (secondary N) is 1. The smallest absolute Gasteiger partial charge is 0.248 e. The quantitative estimate of drug-likeness (QED) is 0.816. The van der Waals surface area contributed by atoms with Crippen LogP contribution in [0, 0.1) is 12.7 Å². The van der Waals surface area contributed by atoms with Crippen molar-refractivity contribution in [1.82, 2.24) is 0 Å². The van der Waals surface area contributed by atoms with Crippen molar-refractivity contribution in [2.45, 2.75) is 26.3 Å². The maximum Gasteiger partial charge on any atom is 0.248 e. The van der Waals surface area contributed by atoms with E-state index in [0.29, 0.717) is 17.9 Å². The molecule has 1 atom stereocenters. The molecule has 100 valence electrons. The molecule has 0 aromatic heterocycles. The zero-order valence-corrected chi connectivity index (χ0v) is 10.9. The first-order chi connectivity index (χ1) is 8.49. The minimum absolute atomic E-state index is 0.0660. The van der Waals surface area contributed by atoms with Gasteiger partial charge in [-0.2, -0.15) is 0 Å². The van der Waals surface area contributed by atoms with E-state index in [1.54, 1.807) is 20.1 Å². The van der Waals surface area contributed by atoms with E-state index in [0.717, 1.165) is 12.5 Å². The number of benzene rings is 1. The van der Waals surface area contributed by atoms with Crippen LogP contribution < -0.4 is 11.1 Å². The lowest BCUT2D eigenvalue weighted by Gasteiger charge is -2.19. The van der Waals surface area contributed by atoms with Crippen LogP contribution in [-0.4, -0.2) is 25.7 Å². The first kappa shape index (κ1) is 14.4. The van der Waals surface area contributed by atoms with Gasteiger partial charge < -0.3 is 15.8 Å². The first-order valence-electron chi connectivity index (χ1n) is 5.85. The molecule has 0 aliphatic heterocycles. The largest absolute Gasteiger partial charge is 0.383 e. The number of carbonyl (C=O) groups excluding carboxylic acids is 1. The second kappa shape index (κ2) is 6.35. The molecule has 1 aromatic carbocycles. The predicted molar refractivity (Wildman–Crippen MR) is 69.2 cm³/mol. The third-order valence-electron chi connectivity index (χ3n) is 2.85. The summed E-state index contributed by atoms with van der Waals surface area (Å²) in [7, 11) is 1.61. The van der Waals surface area contributed by atoms with Gasteiger partial charge in [0.05, 0.1) is 6.61 Å². The van der Waals surface area contributed by atoms with Crippen LogP contribution in [0.4, 0.5) is 10.1 Å². The Morgan fingerprint density at radius 2 is 2.22 bits per heavy atom. The van der Waals surface area contributed by atoms with E-state index in [1.165, 1.54) is 0 Å². The summed E-state index contributed by atoms with van der Waals surface area (Å²) in [4.78, 5) is 11.1. The van der Waals surface area contributed by atoms with Crippen LogP contribution in [0.1, 0.15) is 29.3 Å². The van der Waals surface area contributed by atoms with Crippen LogP contribution in [0.2, 0.25) is 0 Å². The standard InChI is InChI=1S/C13H19FN2O2/c1-4-10(7-18-3)16-12-6-9(13(15)17)5-11(14)8(12)2/h5-6,10,16H,4,7H2,1-3H3,(H2,15,17). The van der Waals surface area contributed by atoms with Crippen molar-refractivity contribution in [2.24, 2.45) is 5.73 Å². The van der Waals surface area contributed by atoms with E-state index < -0.39 is 11.7 Å². The zero-order valence-electron chi connectivity index (χ0n) is 10.9. The van der Waals surface area contributed by atoms with Crippen molar-refractivity contribution in [3.63, 3.8) is 0 Å². The van der Waals surface area contributed by atoms with E-state index in [2.05, 4.69) is 5.32 Å². The number of carbonyl (C=O) groups is 1. The highest BCUT2D eigenvalue weighted by Gasteiger charge is 2.13. The third-order valence-corrected chi connectivity index (χ3v) is 2.85. The van der Waals surface area contributed by atoms with Crippen LogP contribution in [0.5, 0.6) is 0 Å². The van der Waals surface area contributed by atoms with Gasteiger partial charge >= 0.3 is 0 Å². The van der Waals surface area contributed by atoms with Gasteiger partial charge in [0, 0.05) is 30.0 Å². The summed E-state index contributed by atoms with van der Waals surface area (Å²) in [6.07, 6.45) is 0.829. The van der Waals surface area contributed by atoms with Crippen LogP contribution in [0.3, 0.4) is 0 Å². The van der Waals surface area contributed by atoms with Crippen LogP contribution in [0.25, 0.3) is 0 Å². The van der Waals surface area contributed by atoms with Gasteiger partial charge in [-0.05, 0) is 25.5 Å². The third kappa shape index (κ3) is 3.43. The zero-order chi connectivity index (χ0) is 13.7. The van der Waals surface area contributed by atoms with Gasteiger partial charge in [-0.25, -0.2) is 4.39 Å². The minimum atomic E-state index is -0.642. The van der Waals surface area contributed by atoms with Crippen molar-refractivity contribution < 1.29 is 13.9 Å². The second-order valence-electron chi connectivity index (χ2n) is 4.20. The second-order valence-corrected chi connectivity index (χ2v) is 4.20. The predicted octanol–water partition coefficient (Wildman–Crippen LogP) is 2.07. The fourth-order valence-electron chi connectivity index (χ4n) is 1.65. The SMILES string of the molecule is CCC(COC)Nc1cc(C(N)=O)cc(F)c1C. The van der Waals surface area contributed by atoms with E-state index >= 15 is 0 Å². The van der Waals surface area contributed by atoms with E-state index in [-0.39, 0.29) is 11.6 Å². The van der Waals surface area contributed by atoms with Crippen LogP contribution >= 0.6 is 0 Å². The summed E-state index contributed by atoms with van der Waals surface area (Å²) in [5.74, 6) is -1.09. The maximum absolute atomic E-state index is 13.7. The Hall–Kier alpha value is -1.62. The number of amides is 1. The lowest BCUT2D eigenvalue weighted by molar-refractivity contribution is 0.1000. The average Bonchev–Trinajstić information content (AvgIpc) is 2.33. The molecule has 1 unspecified atom stereocenters. The normalized spacial score (nSPS) is 12.2. The Morgan fingerprint density at radius 1 is 1.56 bits per heavy atom. The summed E-state index contributed by atoms with van der Waals surface area (Å²) < 4.78 is 18.7. The molecule has 0 fully saturated rings. The van der Waals surface area contributed by atoms with Gasteiger partial charge in [-0.15, -0.1) is 0 Å². The Labute approximate surface area is 106 Å². The molecule has 0 aliphatic rings. The van der Waals surface area contributed by atoms with Crippen molar-refractivity contribution >= 4 is 11.6 Å². The molecule has 5 heteroatoms. The molecular weight excluding hydrogens is 235 g/mol. The minimum Gasteiger partial charge on any atom is -0.383 e. The number of methoxy groups -OCH3 is 1. The molecule has 0 radical (unpaired) electrons. The monoisotopic (exact) mass is 254 g/mol. The topological polar surface area (TPSA) is 64.3 Å². The number of rotatable bonds is 6. The van der Waals surface area contributed by atoms with Gasteiger partial charge in [-0.1, -0.05) is 6.92 Å². The fraction of sp³-hybridized carbons (Fsp3) is 0.462. The van der Waals surface area contributed by atoms with Gasteiger partial charge in [-0.3, -0.25) is 4.79 Å². The number of anilines is 1. The molecule has 1 amide bonds. The summed E-state index contributed by atoms with van der Waals surface area (Å²) in [6, 6.07) is 2.79. The highest BCUT2D eigenvalue weighted by atomic mass is 19.1. The Balaban J connectivity index is 3.03. The molecule has 1 aromatic rings. The van der Waals surface area contributed by atoms with Crippen molar-refractivity contribution in [1.29, 1.82) is 0 Å². The summed E-state index contributed by atoms with van der Waals surface area (Å²) in [5, 5.41) is 3.16. The van der Waals surface area contributed by atoms with E-state index in [9.17, 15) is 9.18 Å². The summed E-state index contributed by atoms with van der Waals surface area (Å²) >= 11 is 0.